The maximum Gasteiger partial charge on any atom is 0.249 e. The van der Waals surface area contributed by atoms with E-state index >= 15 is 4.39 Å². The molecule has 1 saturated heterocycles. The molecule has 2 aromatic heterocycles. The van der Waals surface area contributed by atoms with Crippen molar-refractivity contribution in [2.24, 2.45) is 0 Å². The van der Waals surface area contributed by atoms with Crippen molar-refractivity contribution in [3.63, 3.8) is 0 Å². The number of ether oxygens (including phenoxy) is 4. The van der Waals surface area contributed by atoms with Gasteiger partial charge in [0.2, 0.25) is 17.7 Å². The lowest BCUT2D eigenvalue weighted by atomic mass is 10.0. The standard InChI is InChI=1S/C30H27Cl2FN4O5/c1-16-8-24(38-15-23-29(2,3)42-30(4,5)41-23)35-14-21(16)28-37-36-25(40-28)11-18-6-7-22(32)27(26(18)33)39-20-10-17(13-34)9-19(31)12-20/h6-10,12,14,23H,11,15H2,1-5H3/t23-/m0/s1. The molecule has 0 saturated carbocycles. The third-order valence-electron chi connectivity index (χ3n) is 6.57. The zero-order chi connectivity index (χ0) is 30.2. The molecule has 12 heteroatoms. The molecule has 0 unspecified atom stereocenters. The van der Waals surface area contributed by atoms with E-state index in [2.05, 4.69) is 15.2 Å². The quantitative estimate of drug-likeness (QED) is 0.200. The smallest absolute Gasteiger partial charge is 0.249 e. The molecule has 3 heterocycles. The molecule has 1 aliphatic heterocycles. The van der Waals surface area contributed by atoms with Crippen LogP contribution >= 0.6 is 23.2 Å². The van der Waals surface area contributed by atoms with Gasteiger partial charge in [-0.2, -0.15) is 5.26 Å². The van der Waals surface area contributed by atoms with E-state index in [0.29, 0.717) is 11.4 Å². The normalized spacial score (nSPS) is 17.2. The average molecular weight is 613 g/mol. The van der Waals surface area contributed by atoms with Gasteiger partial charge in [-0.1, -0.05) is 29.3 Å². The SMILES string of the molecule is Cc1cc(OC[C@@H]2OC(C)(C)OC2(C)C)ncc1-c1nnc(Cc2ccc(Cl)c(Oc3cc(Cl)cc(C#N)c3)c2F)o1. The second-order valence-corrected chi connectivity index (χ2v) is 11.6. The topological polar surface area (TPSA) is 113 Å². The van der Waals surface area contributed by atoms with Crippen molar-refractivity contribution < 1.29 is 27.8 Å². The second-order valence-electron chi connectivity index (χ2n) is 10.8. The van der Waals surface area contributed by atoms with Gasteiger partial charge in [0.15, 0.2) is 17.4 Å². The van der Waals surface area contributed by atoms with E-state index in [1.807, 2.05) is 40.7 Å². The molecule has 218 valence electrons. The molecule has 42 heavy (non-hydrogen) atoms. The summed E-state index contributed by atoms with van der Waals surface area (Å²) in [7, 11) is 0. The Kier molecular flexibility index (Phi) is 8.14. The van der Waals surface area contributed by atoms with E-state index < -0.39 is 17.2 Å². The van der Waals surface area contributed by atoms with Gasteiger partial charge in [-0.3, -0.25) is 0 Å². The summed E-state index contributed by atoms with van der Waals surface area (Å²) >= 11 is 12.3. The fraction of sp³-hybridized carbons (Fsp3) is 0.333. The van der Waals surface area contributed by atoms with Crippen LogP contribution in [0.4, 0.5) is 4.39 Å². The summed E-state index contributed by atoms with van der Waals surface area (Å²) in [5.41, 5.74) is 1.38. The molecular formula is C30H27Cl2FN4O5. The highest BCUT2D eigenvalue weighted by Crippen LogP contribution is 2.37. The minimum atomic E-state index is -0.705. The Morgan fingerprint density at radius 1 is 1.10 bits per heavy atom. The van der Waals surface area contributed by atoms with Crippen molar-refractivity contribution in [3.05, 3.63) is 81.0 Å². The minimum Gasteiger partial charge on any atom is -0.475 e. The van der Waals surface area contributed by atoms with Crippen molar-refractivity contribution in [2.75, 3.05) is 6.61 Å². The Morgan fingerprint density at radius 3 is 2.57 bits per heavy atom. The Hall–Kier alpha value is -3.75. The van der Waals surface area contributed by atoms with Crippen LogP contribution in [0.15, 0.2) is 47.0 Å². The van der Waals surface area contributed by atoms with Crippen LogP contribution in [-0.4, -0.2) is 39.3 Å². The van der Waals surface area contributed by atoms with Crippen LogP contribution in [-0.2, 0) is 15.9 Å². The van der Waals surface area contributed by atoms with Gasteiger partial charge in [0.1, 0.15) is 18.5 Å². The zero-order valence-corrected chi connectivity index (χ0v) is 25.0. The van der Waals surface area contributed by atoms with Crippen molar-refractivity contribution in [1.82, 2.24) is 15.2 Å². The van der Waals surface area contributed by atoms with E-state index in [-0.39, 0.29) is 63.6 Å². The largest absolute Gasteiger partial charge is 0.475 e. The number of nitriles is 1. The molecule has 2 aromatic carbocycles. The summed E-state index contributed by atoms with van der Waals surface area (Å²) in [5, 5.41) is 17.7. The van der Waals surface area contributed by atoms with E-state index in [0.717, 1.165) is 5.56 Å². The number of aryl methyl sites for hydroxylation is 1. The third kappa shape index (κ3) is 6.50. The molecule has 0 N–H and O–H groups in total. The van der Waals surface area contributed by atoms with Crippen molar-refractivity contribution >= 4 is 23.2 Å². The Balaban J connectivity index is 1.29. The number of benzene rings is 2. The molecule has 1 aliphatic rings. The predicted octanol–water partition coefficient (Wildman–Crippen LogP) is 7.45. The maximum absolute atomic E-state index is 15.5. The molecule has 0 spiro atoms. The fourth-order valence-electron chi connectivity index (χ4n) is 4.64. The first kappa shape index (κ1) is 29.7. The number of pyridine rings is 1. The minimum absolute atomic E-state index is 0.0192. The number of hydrogen-bond donors (Lipinski definition) is 0. The fourth-order valence-corrected chi connectivity index (χ4v) is 5.05. The summed E-state index contributed by atoms with van der Waals surface area (Å²) < 4.78 is 44.8. The van der Waals surface area contributed by atoms with Gasteiger partial charge in [0, 0.05) is 22.8 Å². The Morgan fingerprint density at radius 2 is 1.88 bits per heavy atom. The van der Waals surface area contributed by atoms with Crippen LogP contribution in [0.2, 0.25) is 10.0 Å². The maximum atomic E-state index is 15.5. The summed E-state index contributed by atoms with van der Waals surface area (Å²) in [6.45, 7) is 9.78. The van der Waals surface area contributed by atoms with Gasteiger partial charge in [-0.15, -0.1) is 10.2 Å². The Labute approximate surface area is 252 Å². The van der Waals surface area contributed by atoms with E-state index in [9.17, 15) is 5.26 Å². The van der Waals surface area contributed by atoms with Crippen LogP contribution in [0.25, 0.3) is 11.5 Å². The molecule has 9 nitrogen and oxygen atoms in total. The van der Waals surface area contributed by atoms with Crippen molar-refractivity contribution in [1.29, 1.82) is 5.26 Å². The number of hydrogen-bond acceptors (Lipinski definition) is 9. The van der Waals surface area contributed by atoms with E-state index in [4.69, 9.17) is 46.6 Å². The van der Waals surface area contributed by atoms with Gasteiger partial charge >= 0.3 is 0 Å². The average Bonchev–Trinajstić information content (AvgIpc) is 3.46. The van der Waals surface area contributed by atoms with Crippen LogP contribution in [0.1, 0.15) is 50.3 Å². The molecule has 0 amide bonds. The Bertz CT molecular complexity index is 1680. The molecule has 1 fully saturated rings. The van der Waals surface area contributed by atoms with Crippen LogP contribution in [0.5, 0.6) is 17.4 Å². The molecule has 4 aromatic rings. The first-order valence-electron chi connectivity index (χ1n) is 13.0. The van der Waals surface area contributed by atoms with Crippen LogP contribution in [0, 0.1) is 24.1 Å². The van der Waals surface area contributed by atoms with Crippen LogP contribution in [0.3, 0.4) is 0 Å². The van der Waals surface area contributed by atoms with Gasteiger partial charge in [-0.05, 0) is 64.4 Å². The number of aromatic nitrogens is 3. The summed E-state index contributed by atoms with van der Waals surface area (Å²) in [4.78, 5) is 4.38. The lowest BCUT2D eigenvalue weighted by Crippen LogP contribution is -2.37. The summed E-state index contributed by atoms with van der Waals surface area (Å²) in [5.74, 6) is -0.621. The van der Waals surface area contributed by atoms with E-state index in [1.165, 1.54) is 30.3 Å². The highest BCUT2D eigenvalue weighted by molar-refractivity contribution is 6.32. The molecule has 1 atom stereocenters. The summed E-state index contributed by atoms with van der Waals surface area (Å²) in [6, 6.07) is 11.1. The van der Waals surface area contributed by atoms with Crippen LogP contribution < -0.4 is 9.47 Å². The highest BCUT2D eigenvalue weighted by atomic mass is 35.5. The lowest BCUT2D eigenvalue weighted by molar-refractivity contribution is -0.158. The first-order chi connectivity index (χ1) is 19.8. The second kappa shape index (κ2) is 11.5. The number of rotatable bonds is 8. The molecule has 0 aliphatic carbocycles. The van der Waals surface area contributed by atoms with Gasteiger partial charge in [0.05, 0.1) is 34.2 Å². The number of nitrogens with zero attached hydrogens (tertiary/aromatic N) is 4. The molecule has 5 rings (SSSR count). The third-order valence-corrected chi connectivity index (χ3v) is 7.08. The lowest BCUT2D eigenvalue weighted by Gasteiger charge is -2.23. The molecule has 0 bridgehead atoms. The van der Waals surface area contributed by atoms with Crippen molar-refractivity contribution in [3.8, 4) is 34.9 Å². The molecular weight excluding hydrogens is 586 g/mol. The zero-order valence-electron chi connectivity index (χ0n) is 23.5. The summed E-state index contributed by atoms with van der Waals surface area (Å²) in [6.07, 6.45) is 1.29. The predicted molar refractivity (Wildman–Crippen MR) is 152 cm³/mol. The van der Waals surface area contributed by atoms with Gasteiger partial charge in [0.25, 0.3) is 0 Å². The first-order valence-corrected chi connectivity index (χ1v) is 13.7. The van der Waals surface area contributed by atoms with Crippen molar-refractivity contribution in [2.45, 2.75) is 58.5 Å². The number of halogens is 3. The van der Waals surface area contributed by atoms with Gasteiger partial charge in [-0.25, -0.2) is 9.37 Å². The highest BCUT2D eigenvalue weighted by Gasteiger charge is 2.47. The monoisotopic (exact) mass is 612 g/mol. The van der Waals surface area contributed by atoms with E-state index in [1.54, 1.807) is 12.3 Å². The molecule has 0 radical (unpaired) electrons. The van der Waals surface area contributed by atoms with Gasteiger partial charge < -0.3 is 23.4 Å².